The quantitative estimate of drug-likeness (QED) is 0.0169. The zero-order valence-corrected chi connectivity index (χ0v) is 63.6. The molecule has 17 nitrogen and oxygen atoms in total. The molecule has 0 fully saturated rings. The van der Waals surface area contributed by atoms with E-state index in [1.165, 1.54) is 19.3 Å². The third-order valence-corrected chi connectivity index (χ3v) is 16.9. The highest BCUT2D eigenvalue weighted by atomic mass is 31.2. The van der Waals surface area contributed by atoms with Crippen LogP contribution in [-0.4, -0.2) is 96.7 Å². The predicted molar refractivity (Wildman–Crippen MR) is 408 cm³/mol. The topological polar surface area (TPSA) is 237 Å². The van der Waals surface area contributed by atoms with Gasteiger partial charge in [-0.15, -0.1) is 0 Å². The van der Waals surface area contributed by atoms with Gasteiger partial charge >= 0.3 is 39.5 Å². The van der Waals surface area contributed by atoms with E-state index in [2.05, 4.69) is 161 Å². The van der Waals surface area contributed by atoms with Crippen LogP contribution < -0.4 is 0 Å². The molecule has 0 bridgehead atoms. The smallest absolute Gasteiger partial charge is 0.462 e. The van der Waals surface area contributed by atoms with Crippen LogP contribution in [0.3, 0.4) is 0 Å². The minimum atomic E-state index is -5.01. The second kappa shape index (κ2) is 72.0. The summed E-state index contributed by atoms with van der Waals surface area (Å²) in [4.78, 5) is 72.8. The molecular formula is C81H132O17P2. The third-order valence-electron chi connectivity index (χ3n) is 15.0. The van der Waals surface area contributed by atoms with Gasteiger partial charge in [-0.3, -0.25) is 37.3 Å². The molecule has 0 aromatic heterocycles. The van der Waals surface area contributed by atoms with Crippen molar-refractivity contribution in [3.8, 4) is 0 Å². The number of unbranched alkanes of at least 4 members (excludes halogenated alkanes) is 18. The van der Waals surface area contributed by atoms with Gasteiger partial charge in [-0.05, 0) is 148 Å². The van der Waals surface area contributed by atoms with Crippen molar-refractivity contribution in [2.45, 2.75) is 290 Å². The van der Waals surface area contributed by atoms with Crippen molar-refractivity contribution >= 4 is 39.5 Å². The molecule has 0 rings (SSSR count). The Morgan fingerprint density at radius 1 is 0.300 bits per heavy atom. The highest BCUT2D eigenvalue weighted by Crippen LogP contribution is 2.45. The van der Waals surface area contributed by atoms with Crippen molar-refractivity contribution in [2.75, 3.05) is 39.6 Å². The lowest BCUT2D eigenvalue weighted by molar-refractivity contribution is -0.161. The number of carbonyl (C=O) groups is 4. The summed E-state index contributed by atoms with van der Waals surface area (Å²) in [5, 5.41) is 10.6. The van der Waals surface area contributed by atoms with Gasteiger partial charge in [0.15, 0.2) is 12.2 Å². The van der Waals surface area contributed by atoms with E-state index in [4.69, 9.17) is 37.0 Å². The first-order chi connectivity index (χ1) is 48.7. The number of ether oxygens (including phenoxy) is 4. The molecule has 0 heterocycles. The van der Waals surface area contributed by atoms with Crippen molar-refractivity contribution in [1.82, 2.24) is 0 Å². The second-order valence-corrected chi connectivity index (χ2v) is 27.4. The molecular weight excluding hydrogens is 1310 g/mol. The molecule has 0 amide bonds. The van der Waals surface area contributed by atoms with E-state index in [1.54, 1.807) is 6.08 Å². The van der Waals surface area contributed by atoms with Gasteiger partial charge in [0.05, 0.1) is 32.8 Å². The average molecular weight is 1440 g/mol. The van der Waals surface area contributed by atoms with E-state index in [0.717, 1.165) is 173 Å². The normalized spacial score (nSPS) is 14.8. The number of rotatable bonds is 69. The maximum absolute atomic E-state index is 13.1. The molecule has 568 valence electrons. The molecule has 0 radical (unpaired) electrons. The van der Waals surface area contributed by atoms with Crippen LogP contribution >= 0.6 is 15.6 Å². The van der Waals surface area contributed by atoms with Crippen LogP contribution in [0, 0.1) is 0 Å². The molecule has 0 saturated carbocycles. The van der Waals surface area contributed by atoms with E-state index in [1.807, 2.05) is 18.2 Å². The Kier molecular flexibility index (Phi) is 68.2. The van der Waals surface area contributed by atoms with Crippen molar-refractivity contribution < 1.29 is 80.2 Å². The summed E-state index contributed by atoms with van der Waals surface area (Å²) in [5.41, 5.74) is 0. The zero-order chi connectivity index (χ0) is 73.2. The summed E-state index contributed by atoms with van der Waals surface area (Å²) in [6.07, 6.45) is 82.6. The van der Waals surface area contributed by atoms with Gasteiger partial charge in [0.2, 0.25) is 0 Å². The Morgan fingerprint density at radius 2 is 0.560 bits per heavy atom. The highest BCUT2D eigenvalue weighted by molar-refractivity contribution is 7.47. The van der Waals surface area contributed by atoms with Crippen LogP contribution in [0.2, 0.25) is 0 Å². The molecule has 3 N–H and O–H groups in total. The average Bonchev–Trinajstić information content (AvgIpc) is 1.01. The van der Waals surface area contributed by atoms with Gasteiger partial charge in [-0.2, -0.15) is 0 Å². The monoisotopic (exact) mass is 1440 g/mol. The Bertz CT molecular complexity index is 2520. The standard InChI is InChI=1S/C81H132O17P2/c1-5-9-13-17-21-25-29-33-37-41-45-49-53-57-61-65-78(83)91-71-76(97-80(85)67-63-59-55-51-47-43-39-35-31-27-23-19-15-11-7-3)73-95-99(87,88)93-69-75(82)70-94-100(89,90)96-74-77(98-81(86)68-64-60-56-52-48-44-40-36-32-28-24-20-16-12-8-4)72-92-79(84)66-62-58-54-50-46-42-38-34-30-26-22-18-14-10-6-2/h9-11,13-15,21-28,33-40,45,49,57,61,75-77,82H,5-8,12,16-20,29-32,41-44,46-48,50-56,58-60,62-74H2,1-4H3,(H,87,88)(H,89,90)/b13-9-,14-10-,15-11-,25-21-,26-22-,27-23-,28-24-,37-33-,38-34-,39-35-,40-36-,49-45-,61-57-. The fourth-order valence-corrected chi connectivity index (χ4v) is 10.9. The molecule has 19 heteroatoms. The van der Waals surface area contributed by atoms with Crippen LogP contribution in [-0.2, 0) is 65.4 Å². The molecule has 0 aliphatic carbocycles. The second-order valence-electron chi connectivity index (χ2n) is 24.5. The first-order valence-corrected chi connectivity index (χ1v) is 40.7. The number of aliphatic hydroxyl groups is 1. The van der Waals surface area contributed by atoms with E-state index in [-0.39, 0.29) is 25.7 Å². The summed E-state index contributed by atoms with van der Waals surface area (Å²) in [6.45, 7) is 4.31. The Morgan fingerprint density at radius 3 is 0.890 bits per heavy atom. The molecule has 0 spiro atoms. The summed E-state index contributed by atoms with van der Waals surface area (Å²) in [7, 11) is -10.0. The fourth-order valence-electron chi connectivity index (χ4n) is 9.35. The van der Waals surface area contributed by atoms with E-state index in [9.17, 15) is 43.2 Å². The van der Waals surface area contributed by atoms with Crippen molar-refractivity contribution in [3.05, 3.63) is 158 Å². The van der Waals surface area contributed by atoms with E-state index in [0.29, 0.717) is 25.7 Å². The lowest BCUT2D eigenvalue weighted by Crippen LogP contribution is -2.30. The Hall–Kier alpha value is -5.32. The third kappa shape index (κ3) is 71.1. The molecule has 0 aliphatic heterocycles. The molecule has 100 heavy (non-hydrogen) atoms. The first kappa shape index (κ1) is 94.7. The number of phosphoric acid groups is 2. The largest absolute Gasteiger partial charge is 0.472 e. The lowest BCUT2D eigenvalue weighted by atomic mass is 10.1. The Balaban J connectivity index is 5.48. The van der Waals surface area contributed by atoms with Gasteiger partial charge in [0, 0.05) is 19.3 Å². The number of carbonyl (C=O) groups excluding carboxylic acids is 4. The molecule has 0 saturated heterocycles. The van der Waals surface area contributed by atoms with Crippen molar-refractivity contribution in [1.29, 1.82) is 0 Å². The van der Waals surface area contributed by atoms with Crippen LogP contribution in [0.1, 0.15) is 272 Å². The van der Waals surface area contributed by atoms with Gasteiger partial charge in [-0.1, -0.05) is 256 Å². The summed E-state index contributed by atoms with van der Waals surface area (Å²) in [6, 6.07) is 0. The Labute approximate surface area is 604 Å². The van der Waals surface area contributed by atoms with Crippen LogP contribution in [0.25, 0.3) is 0 Å². The van der Waals surface area contributed by atoms with Crippen LogP contribution in [0.5, 0.6) is 0 Å². The lowest BCUT2D eigenvalue weighted by Gasteiger charge is -2.21. The summed E-state index contributed by atoms with van der Waals surface area (Å²) >= 11 is 0. The minimum Gasteiger partial charge on any atom is -0.462 e. The summed E-state index contributed by atoms with van der Waals surface area (Å²) in [5.74, 6) is -2.39. The molecule has 0 aromatic carbocycles. The van der Waals surface area contributed by atoms with Gasteiger partial charge in [0.25, 0.3) is 0 Å². The predicted octanol–water partition coefficient (Wildman–Crippen LogP) is 21.7. The molecule has 0 aromatic rings. The van der Waals surface area contributed by atoms with Gasteiger partial charge in [-0.25, -0.2) is 9.13 Å². The number of esters is 4. The number of hydrogen-bond acceptors (Lipinski definition) is 15. The van der Waals surface area contributed by atoms with Gasteiger partial charge in [0.1, 0.15) is 19.3 Å². The SMILES string of the molecule is CC/C=C\C/C=C\C/C=C\C/C=C\C/C=C\CC(=O)OCC(COP(=O)(O)OCC(O)COP(=O)(O)OCC(COC(=O)CCCCCCC/C=C\C/C=C\C/C=C\CC)OC(=O)CCCCCCC/C=C\C/C=C\CCCCC)OC(=O)CCCCCCC/C=C\C/C=C\C/C=C\CC. The van der Waals surface area contributed by atoms with Crippen LogP contribution in [0.4, 0.5) is 0 Å². The first-order valence-electron chi connectivity index (χ1n) is 37.7. The number of aliphatic hydroxyl groups excluding tert-OH is 1. The van der Waals surface area contributed by atoms with Crippen LogP contribution in [0.15, 0.2) is 158 Å². The van der Waals surface area contributed by atoms with E-state index >= 15 is 0 Å². The van der Waals surface area contributed by atoms with Gasteiger partial charge < -0.3 is 33.8 Å². The van der Waals surface area contributed by atoms with Crippen molar-refractivity contribution in [3.63, 3.8) is 0 Å². The number of phosphoric ester groups is 2. The zero-order valence-electron chi connectivity index (χ0n) is 61.8. The summed E-state index contributed by atoms with van der Waals surface area (Å²) < 4.78 is 68.3. The van der Waals surface area contributed by atoms with E-state index < -0.39 is 97.5 Å². The highest BCUT2D eigenvalue weighted by Gasteiger charge is 2.30. The fraction of sp³-hybridized carbons (Fsp3) is 0.630. The number of allylic oxidation sites excluding steroid dienone is 25. The molecule has 5 atom stereocenters. The molecule has 5 unspecified atom stereocenters. The number of hydrogen-bond donors (Lipinski definition) is 3. The van der Waals surface area contributed by atoms with Crippen molar-refractivity contribution in [2.24, 2.45) is 0 Å². The maximum atomic E-state index is 13.1. The minimum absolute atomic E-state index is 0.0502. The molecule has 0 aliphatic rings. The maximum Gasteiger partial charge on any atom is 0.472 e.